The average Bonchev–Trinajstić information content (AvgIpc) is 2.97. The predicted octanol–water partition coefficient (Wildman–Crippen LogP) is 3.52. The normalized spacial score (nSPS) is 29.6. The number of hydrogen-bond acceptors (Lipinski definition) is 3. The fourth-order valence-corrected chi connectivity index (χ4v) is 5.06. The first-order valence-corrected chi connectivity index (χ1v) is 8.99. The van der Waals surface area contributed by atoms with Crippen molar-refractivity contribution in [2.75, 3.05) is 19.6 Å². The van der Waals surface area contributed by atoms with Crippen LogP contribution >= 0.6 is 11.3 Å². The second-order valence-corrected chi connectivity index (χ2v) is 8.18. The lowest BCUT2D eigenvalue weighted by molar-refractivity contribution is 0.175. The van der Waals surface area contributed by atoms with Crippen LogP contribution in [0.15, 0.2) is 11.4 Å². The highest BCUT2D eigenvalue weighted by atomic mass is 32.1. The molecule has 0 saturated heterocycles. The van der Waals surface area contributed by atoms with Crippen molar-refractivity contribution in [2.24, 2.45) is 11.3 Å². The zero-order valence-electron chi connectivity index (χ0n) is 13.1. The van der Waals surface area contributed by atoms with Gasteiger partial charge in [0.05, 0.1) is 0 Å². The fourth-order valence-electron chi connectivity index (χ4n) is 4.17. The van der Waals surface area contributed by atoms with Gasteiger partial charge in [-0.1, -0.05) is 20.8 Å². The molecule has 2 unspecified atom stereocenters. The molecule has 1 aliphatic carbocycles. The molecule has 2 atom stereocenters. The summed E-state index contributed by atoms with van der Waals surface area (Å²) in [6.45, 7) is 11.9. The summed E-state index contributed by atoms with van der Waals surface area (Å²) in [7, 11) is 0. The molecule has 112 valence electrons. The van der Waals surface area contributed by atoms with E-state index in [1.807, 2.05) is 11.3 Å². The molecule has 1 saturated carbocycles. The first-order chi connectivity index (χ1) is 9.60. The third-order valence-electron chi connectivity index (χ3n) is 5.28. The van der Waals surface area contributed by atoms with Gasteiger partial charge in [0, 0.05) is 30.6 Å². The van der Waals surface area contributed by atoms with Crippen molar-refractivity contribution < 1.29 is 0 Å². The van der Waals surface area contributed by atoms with Crippen LogP contribution in [-0.2, 0) is 13.0 Å². The summed E-state index contributed by atoms with van der Waals surface area (Å²) >= 11 is 1.94. The van der Waals surface area contributed by atoms with E-state index < -0.39 is 0 Å². The predicted molar refractivity (Wildman–Crippen MR) is 87.3 cm³/mol. The van der Waals surface area contributed by atoms with E-state index in [2.05, 4.69) is 42.4 Å². The van der Waals surface area contributed by atoms with Gasteiger partial charge in [-0.05, 0) is 54.1 Å². The summed E-state index contributed by atoms with van der Waals surface area (Å²) in [6, 6.07) is 3.02. The molecule has 1 aromatic rings. The molecule has 2 nitrogen and oxygen atoms in total. The molecular weight excluding hydrogens is 264 g/mol. The van der Waals surface area contributed by atoms with Crippen molar-refractivity contribution in [3.05, 3.63) is 21.9 Å². The van der Waals surface area contributed by atoms with Gasteiger partial charge in [-0.3, -0.25) is 4.90 Å². The first kappa shape index (κ1) is 14.6. The Morgan fingerprint density at radius 1 is 1.45 bits per heavy atom. The average molecular weight is 292 g/mol. The Hall–Kier alpha value is -0.380. The minimum absolute atomic E-state index is 0.462. The molecule has 1 aliphatic heterocycles. The van der Waals surface area contributed by atoms with Crippen molar-refractivity contribution >= 4 is 11.3 Å². The van der Waals surface area contributed by atoms with E-state index in [0.717, 1.165) is 12.5 Å². The van der Waals surface area contributed by atoms with Gasteiger partial charge in [0.1, 0.15) is 0 Å². The van der Waals surface area contributed by atoms with E-state index in [1.54, 1.807) is 10.4 Å². The first-order valence-electron chi connectivity index (χ1n) is 8.11. The maximum atomic E-state index is 3.76. The van der Waals surface area contributed by atoms with Crippen LogP contribution < -0.4 is 5.32 Å². The summed E-state index contributed by atoms with van der Waals surface area (Å²) in [5, 5.41) is 6.02. The molecule has 3 rings (SSSR count). The zero-order chi connectivity index (χ0) is 14.2. The van der Waals surface area contributed by atoms with Gasteiger partial charge in [-0.15, -0.1) is 11.3 Å². The molecule has 0 bridgehead atoms. The number of thiophene rings is 1. The number of rotatable bonds is 4. The van der Waals surface area contributed by atoms with E-state index in [4.69, 9.17) is 0 Å². The van der Waals surface area contributed by atoms with Gasteiger partial charge in [-0.25, -0.2) is 0 Å². The molecular formula is C17H28N2S. The standard InChI is InChI=1S/C17H28N2S/c1-4-18-16-14(5-8-17(16,2)3)12-19-9-6-15-13(11-19)7-10-20-15/h7,10,14,16,18H,4-6,8-9,11-12H2,1-3H3. The zero-order valence-corrected chi connectivity index (χ0v) is 13.9. The Morgan fingerprint density at radius 2 is 2.30 bits per heavy atom. The third kappa shape index (κ3) is 2.81. The largest absolute Gasteiger partial charge is 0.313 e. The smallest absolute Gasteiger partial charge is 0.0245 e. The fraction of sp³-hybridized carbons (Fsp3) is 0.765. The number of nitrogens with zero attached hydrogens (tertiary/aromatic N) is 1. The van der Waals surface area contributed by atoms with Gasteiger partial charge in [-0.2, -0.15) is 0 Å². The van der Waals surface area contributed by atoms with Gasteiger partial charge in [0.15, 0.2) is 0 Å². The van der Waals surface area contributed by atoms with E-state index in [1.165, 1.54) is 38.9 Å². The molecule has 0 aromatic carbocycles. The van der Waals surface area contributed by atoms with Crippen LogP contribution in [0, 0.1) is 11.3 Å². The summed E-state index contributed by atoms with van der Waals surface area (Å²) < 4.78 is 0. The second-order valence-electron chi connectivity index (χ2n) is 7.18. The highest BCUT2D eigenvalue weighted by Gasteiger charge is 2.41. The molecule has 1 fully saturated rings. The second kappa shape index (κ2) is 5.78. The van der Waals surface area contributed by atoms with Crippen LogP contribution in [0.4, 0.5) is 0 Å². The minimum atomic E-state index is 0.462. The molecule has 0 radical (unpaired) electrons. The molecule has 1 aromatic heterocycles. The lowest BCUT2D eigenvalue weighted by atomic mass is 9.84. The van der Waals surface area contributed by atoms with E-state index in [0.29, 0.717) is 11.5 Å². The van der Waals surface area contributed by atoms with Crippen molar-refractivity contribution in [1.29, 1.82) is 0 Å². The van der Waals surface area contributed by atoms with Crippen molar-refractivity contribution in [1.82, 2.24) is 10.2 Å². The molecule has 2 aliphatic rings. The molecule has 2 heterocycles. The van der Waals surface area contributed by atoms with E-state index in [9.17, 15) is 0 Å². The quantitative estimate of drug-likeness (QED) is 0.913. The maximum absolute atomic E-state index is 3.76. The minimum Gasteiger partial charge on any atom is -0.313 e. The number of hydrogen-bond donors (Lipinski definition) is 1. The molecule has 20 heavy (non-hydrogen) atoms. The lowest BCUT2D eigenvalue weighted by Crippen LogP contribution is -2.46. The maximum Gasteiger partial charge on any atom is 0.0245 e. The summed E-state index contributed by atoms with van der Waals surface area (Å²) in [5.74, 6) is 0.824. The Morgan fingerprint density at radius 3 is 3.10 bits per heavy atom. The summed E-state index contributed by atoms with van der Waals surface area (Å²) in [6.07, 6.45) is 4.01. The van der Waals surface area contributed by atoms with Crippen LogP contribution in [0.5, 0.6) is 0 Å². The Labute approximate surface area is 127 Å². The van der Waals surface area contributed by atoms with Crippen LogP contribution in [0.25, 0.3) is 0 Å². The molecule has 0 spiro atoms. The highest BCUT2D eigenvalue weighted by Crippen LogP contribution is 2.42. The number of nitrogens with one attached hydrogen (secondary N) is 1. The summed E-state index contributed by atoms with van der Waals surface area (Å²) in [5.41, 5.74) is 2.04. The Bertz CT molecular complexity index is 452. The van der Waals surface area contributed by atoms with E-state index in [-0.39, 0.29) is 0 Å². The summed E-state index contributed by atoms with van der Waals surface area (Å²) in [4.78, 5) is 4.31. The van der Waals surface area contributed by atoms with Gasteiger partial charge in [0.25, 0.3) is 0 Å². The molecule has 3 heteroatoms. The van der Waals surface area contributed by atoms with Crippen LogP contribution in [0.2, 0.25) is 0 Å². The van der Waals surface area contributed by atoms with Gasteiger partial charge in [0.2, 0.25) is 0 Å². The Balaban J connectivity index is 1.63. The van der Waals surface area contributed by atoms with Crippen molar-refractivity contribution in [2.45, 2.75) is 52.6 Å². The van der Waals surface area contributed by atoms with Gasteiger partial charge < -0.3 is 5.32 Å². The number of fused-ring (bicyclic) bond motifs is 1. The van der Waals surface area contributed by atoms with Crippen LogP contribution in [0.1, 0.15) is 44.1 Å². The van der Waals surface area contributed by atoms with Gasteiger partial charge >= 0.3 is 0 Å². The SMILES string of the molecule is CCNC1C(CN2CCc3sccc3C2)CCC1(C)C. The Kier molecular flexibility index (Phi) is 4.21. The third-order valence-corrected chi connectivity index (χ3v) is 6.30. The van der Waals surface area contributed by atoms with Crippen molar-refractivity contribution in [3.8, 4) is 0 Å². The lowest BCUT2D eigenvalue weighted by Gasteiger charge is -2.35. The molecule has 1 N–H and O–H groups in total. The topological polar surface area (TPSA) is 15.3 Å². The monoisotopic (exact) mass is 292 g/mol. The molecule has 0 amide bonds. The van der Waals surface area contributed by atoms with Crippen LogP contribution in [0.3, 0.4) is 0 Å². The highest BCUT2D eigenvalue weighted by molar-refractivity contribution is 7.10. The van der Waals surface area contributed by atoms with Crippen molar-refractivity contribution in [3.63, 3.8) is 0 Å². The van der Waals surface area contributed by atoms with E-state index >= 15 is 0 Å². The van der Waals surface area contributed by atoms with Crippen LogP contribution in [-0.4, -0.2) is 30.6 Å².